The lowest BCUT2D eigenvalue weighted by Gasteiger charge is -2.14. The van der Waals surface area contributed by atoms with E-state index in [0.717, 1.165) is 29.2 Å². The molecule has 0 saturated carbocycles. The summed E-state index contributed by atoms with van der Waals surface area (Å²) in [6, 6.07) is 6.14. The summed E-state index contributed by atoms with van der Waals surface area (Å²) in [5.74, 6) is 0. The first kappa shape index (κ1) is 10.7. The molecule has 88 valence electrons. The first-order chi connectivity index (χ1) is 8.34. The summed E-state index contributed by atoms with van der Waals surface area (Å²) >= 11 is 1.59. The lowest BCUT2D eigenvalue weighted by Crippen LogP contribution is -2.05. The summed E-state index contributed by atoms with van der Waals surface area (Å²) < 4.78 is 0. The van der Waals surface area contributed by atoms with Gasteiger partial charge < -0.3 is 10.4 Å². The number of hydrogen-bond acceptors (Lipinski definition) is 4. The van der Waals surface area contributed by atoms with E-state index in [4.69, 9.17) is 0 Å². The molecule has 1 atom stereocenters. The molecule has 1 aliphatic rings. The molecule has 0 aliphatic carbocycles. The Morgan fingerprint density at radius 2 is 2.41 bits per heavy atom. The van der Waals surface area contributed by atoms with Gasteiger partial charge in [0.25, 0.3) is 0 Å². The Labute approximate surface area is 104 Å². The molecule has 3 rings (SSSR count). The van der Waals surface area contributed by atoms with Crippen LogP contribution in [0, 0.1) is 0 Å². The number of anilines is 1. The van der Waals surface area contributed by atoms with Gasteiger partial charge in [0.1, 0.15) is 0 Å². The van der Waals surface area contributed by atoms with Crippen molar-refractivity contribution in [3.05, 3.63) is 45.9 Å². The fourth-order valence-electron chi connectivity index (χ4n) is 2.27. The highest BCUT2D eigenvalue weighted by molar-refractivity contribution is 7.09. The number of aliphatic hydroxyl groups excluding tert-OH is 1. The van der Waals surface area contributed by atoms with Crippen molar-refractivity contribution in [3.8, 4) is 0 Å². The van der Waals surface area contributed by atoms with Gasteiger partial charge in [0, 0.05) is 35.8 Å². The van der Waals surface area contributed by atoms with Gasteiger partial charge in [-0.1, -0.05) is 18.2 Å². The van der Waals surface area contributed by atoms with E-state index in [9.17, 15) is 5.11 Å². The summed E-state index contributed by atoms with van der Waals surface area (Å²) in [5.41, 5.74) is 3.42. The molecule has 0 spiro atoms. The molecule has 0 amide bonds. The second kappa shape index (κ2) is 4.47. The van der Waals surface area contributed by atoms with Crippen LogP contribution in [-0.2, 0) is 12.8 Å². The number of benzene rings is 1. The summed E-state index contributed by atoms with van der Waals surface area (Å²) in [7, 11) is 0. The first-order valence-electron chi connectivity index (χ1n) is 5.76. The maximum atomic E-state index is 10.3. The third kappa shape index (κ3) is 2.06. The summed E-state index contributed by atoms with van der Waals surface area (Å²) in [5, 5.41) is 16.6. The van der Waals surface area contributed by atoms with Gasteiger partial charge in [0.2, 0.25) is 0 Å². The van der Waals surface area contributed by atoms with Crippen molar-refractivity contribution < 1.29 is 5.11 Å². The average molecular weight is 246 g/mol. The van der Waals surface area contributed by atoms with Crippen molar-refractivity contribution in [2.45, 2.75) is 18.9 Å². The van der Waals surface area contributed by atoms with Gasteiger partial charge in [-0.2, -0.15) is 0 Å². The van der Waals surface area contributed by atoms with Crippen LogP contribution >= 0.6 is 11.3 Å². The van der Waals surface area contributed by atoms with E-state index >= 15 is 0 Å². The Balaban J connectivity index is 1.86. The van der Waals surface area contributed by atoms with Crippen molar-refractivity contribution in [2.24, 2.45) is 0 Å². The van der Waals surface area contributed by atoms with Crippen molar-refractivity contribution in [3.63, 3.8) is 0 Å². The van der Waals surface area contributed by atoms with Crippen molar-refractivity contribution in [1.29, 1.82) is 0 Å². The molecule has 1 aromatic carbocycles. The van der Waals surface area contributed by atoms with E-state index in [1.165, 1.54) is 5.56 Å². The lowest BCUT2D eigenvalue weighted by molar-refractivity contribution is 0.179. The number of aromatic nitrogens is 1. The highest BCUT2D eigenvalue weighted by Crippen LogP contribution is 2.32. The minimum absolute atomic E-state index is 0.471. The van der Waals surface area contributed by atoms with E-state index in [1.54, 1.807) is 17.5 Å². The van der Waals surface area contributed by atoms with Crippen LogP contribution in [0.1, 0.15) is 22.2 Å². The van der Waals surface area contributed by atoms with Crippen molar-refractivity contribution in [1.82, 2.24) is 4.98 Å². The third-order valence-corrected chi connectivity index (χ3v) is 3.89. The summed E-state index contributed by atoms with van der Waals surface area (Å²) in [6.45, 7) is 0.969. The van der Waals surface area contributed by atoms with Crippen LogP contribution in [0.15, 0.2) is 29.8 Å². The molecular weight excluding hydrogens is 232 g/mol. The third-order valence-electron chi connectivity index (χ3n) is 3.09. The lowest BCUT2D eigenvalue weighted by atomic mass is 10.0. The van der Waals surface area contributed by atoms with Gasteiger partial charge in [-0.15, -0.1) is 11.3 Å². The van der Waals surface area contributed by atoms with Crippen LogP contribution in [0.25, 0.3) is 0 Å². The zero-order chi connectivity index (χ0) is 11.7. The van der Waals surface area contributed by atoms with Crippen LogP contribution in [0.5, 0.6) is 0 Å². The minimum Gasteiger partial charge on any atom is -0.388 e. The molecular formula is C13H14N2OS. The summed E-state index contributed by atoms with van der Waals surface area (Å²) in [4.78, 5) is 4.21. The second-order valence-electron chi connectivity index (χ2n) is 4.20. The van der Waals surface area contributed by atoms with E-state index in [2.05, 4.69) is 16.4 Å². The van der Waals surface area contributed by atoms with Crippen LogP contribution < -0.4 is 5.32 Å². The molecule has 2 N–H and O–H groups in total. The molecule has 1 aromatic heterocycles. The zero-order valence-electron chi connectivity index (χ0n) is 9.39. The Kier molecular flexibility index (Phi) is 2.82. The van der Waals surface area contributed by atoms with Gasteiger partial charge in [0.15, 0.2) is 0 Å². The van der Waals surface area contributed by atoms with Gasteiger partial charge in [0.05, 0.1) is 11.1 Å². The number of thiazole rings is 1. The molecule has 3 nitrogen and oxygen atoms in total. The second-order valence-corrected chi connectivity index (χ2v) is 5.18. The average Bonchev–Trinajstić information content (AvgIpc) is 2.97. The Hall–Kier alpha value is -1.39. The minimum atomic E-state index is -0.471. The number of nitrogens with zero attached hydrogens (tertiary/aromatic N) is 1. The van der Waals surface area contributed by atoms with Crippen LogP contribution in [0.2, 0.25) is 0 Å². The predicted octanol–water partition coefficient (Wildman–Crippen LogP) is 2.39. The molecule has 4 heteroatoms. The van der Waals surface area contributed by atoms with Crippen LogP contribution in [0.4, 0.5) is 5.69 Å². The molecule has 1 unspecified atom stereocenters. The van der Waals surface area contributed by atoms with Crippen LogP contribution in [-0.4, -0.2) is 16.6 Å². The molecule has 17 heavy (non-hydrogen) atoms. The maximum Gasteiger partial charge on any atom is 0.0954 e. The maximum absolute atomic E-state index is 10.3. The summed E-state index contributed by atoms with van der Waals surface area (Å²) in [6.07, 6.45) is 2.95. The Morgan fingerprint density at radius 3 is 3.24 bits per heavy atom. The molecule has 1 aliphatic heterocycles. The van der Waals surface area contributed by atoms with Crippen molar-refractivity contribution >= 4 is 17.0 Å². The molecule has 2 heterocycles. The SMILES string of the molecule is OC(Cc1nccs1)c1cccc2c1NCC2. The highest BCUT2D eigenvalue weighted by Gasteiger charge is 2.19. The van der Waals surface area contributed by atoms with Crippen LogP contribution in [0.3, 0.4) is 0 Å². The number of fused-ring (bicyclic) bond motifs is 1. The Bertz CT molecular complexity index is 510. The molecule has 0 saturated heterocycles. The number of para-hydroxylation sites is 1. The smallest absolute Gasteiger partial charge is 0.0954 e. The molecule has 0 fully saturated rings. The van der Waals surface area contributed by atoms with Gasteiger partial charge in [-0.05, 0) is 12.0 Å². The van der Waals surface area contributed by atoms with E-state index in [0.29, 0.717) is 6.42 Å². The van der Waals surface area contributed by atoms with Gasteiger partial charge in [-0.3, -0.25) is 0 Å². The number of aliphatic hydroxyl groups is 1. The van der Waals surface area contributed by atoms with Crippen molar-refractivity contribution in [2.75, 3.05) is 11.9 Å². The monoisotopic (exact) mass is 246 g/mol. The first-order valence-corrected chi connectivity index (χ1v) is 6.64. The molecule has 2 aromatic rings. The quantitative estimate of drug-likeness (QED) is 0.874. The van der Waals surface area contributed by atoms with E-state index < -0.39 is 6.10 Å². The van der Waals surface area contributed by atoms with Gasteiger partial charge >= 0.3 is 0 Å². The highest BCUT2D eigenvalue weighted by atomic mass is 32.1. The predicted molar refractivity (Wildman–Crippen MR) is 69.4 cm³/mol. The van der Waals surface area contributed by atoms with Gasteiger partial charge in [-0.25, -0.2) is 4.98 Å². The Morgan fingerprint density at radius 1 is 1.47 bits per heavy atom. The van der Waals surface area contributed by atoms with E-state index in [-0.39, 0.29) is 0 Å². The molecule has 0 bridgehead atoms. The zero-order valence-corrected chi connectivity index (χ0v) is 10.2. The number of nitrogens with one attached hydrogen (secondary N) is 1. The fraction of sp³-hybridized carbons (Fsp3) is 0.308. The van der Waals surface area contributed by atoms with E-state index in [1.807, 2.05) is 17.5 Å². The fourth-order valence-corrected chi connectivity index (χ4v) is 2.93. The number of hydrogen-bond donors (Lipinski definition) is 2. The number of rotatable bonds is 3. The largest absolute Gasteiger partial charge is 0.388 e. The normalized spacial score (nSPS) is 15.4. The molecule has 0 radical (unpaired) electrons. The topological polar surface area (TPSA) is 45.2 Å². The standard InChI is InChI=1S/C13H14N2OS/c16-11(8-12-14-6-7-17-12)10-3-1-2-9-4-5-15-13(9)10/h1-3,6-7,11,15-16H,4-5,8H2.